The average Bonchev–Trinajstić information content (AvgIpc) is 2.73. The lowest BCUT2D eigenvalue weighted by molar-refractivity contribution is -0.137. The number of methoxy groups -OCH3 is 4. The third-order valence-electron chi connectivity index (χ3n) is 4.22. The van der Waals surface area contributed by atoms with Gasteiger partial charge in [0.15, 0.2) is 6.29 Å². The fraction of sp³-hybridized carbons (Fsp3) is 0.350. The van der Waals surface area contributed by atoms with Crippen molar-refractivity contribution in [3.05, 3.63) is 53.6 Å². The molecular formula is C20H22F3NO5. The van der Waals surface area contributed by atoms with E-state index in [4.69, 9.17) is 18.9 Å². The standard InChI is InChI=1S/C20H22F3NO5/c1-26-15-8-9-17(27-2)16(11-15)19(25)24(12-18(28-3)29-4)14-7-5-6-13(10-14)20(21,22)23/h5-11,18H,12H2,1-4H3. The molecule has 0 saturated heterocycles. The summed E-state index contributed by atoms with van der Waals surface area (Å²) >= 11 is 0. The van der Waals surface area contributed by atoms with Crippen molar-refractivity contribution in [3.8, 4) is 11.5 Å². The molecule has 2 aromatic rings. The van der Waals surface area contributed by atoms with Crippen molar-refractivity contribution < 1.29 is 36.9 Å². The summed E-state index contributed by atoms with van der Waals surface area (Å²) in [6.45, 7) is -0.145. The Labute approximate surface area is 166 Å². The Balaban J connectivity index is 2.56. The molecule has 29 heavy (non-hydrogen) atoms. The second-order valence-electron chi connectivity index (χ2n) is 5.93. The van der Waals surface area contributed by atoms with Crippen molar-refractivity contribution in [3.63, 3.8) is 0 Å². The largest absolute Gasteiger partial charge is 0.497 e. The molecule has 0 bridgehead atoms. The second kappa shape index (κ2) is 9.62. The number of carbonyl (C=O) groups excluding carboxylic acids is 1. The number of benzene rings is 2. The molecule has 158 valence electrons. The number of ether oxygens (including phenoxy) is 4. The average molecular weight is 413 g/mol. The van der Waals surface area contributed by atoms with Crippen LogP contribution < -0.4 is 14.4 Å². The Morgan fingerprint density at radius 3 is 2.24 bits per heavy atom. The maximum atomic E-state index is 13.3. The van der Waals surface area contributed by atoms with Crippen LogP contribution in [0.5, 0.6) is 11.5 Å². The van der Waals surface area contributed by atoms with Gasteiger partial charge in [-0.1, -0.05) is 6.07 Å². The molecule has 0 unspecified atom stereocenters. The predicted molar refractivity (Wildman–Crippen MR) is 100 cm³/mol. The maximum absolute atomic E-state index is 13.3. The molecule has 9 heteroatoms. The number of carbonyl (C=O) groups is 1. The molecule has 0 aromatic heterocycles. The van der Waals surface area contributed by atoms with E-state index in [2.05, 4.69) is 0 Å². The van der Waals surface area contributed by atoms with Crippen molar-refractivity contribution >= 4 is 11.6 Å². The first-order valence-electron chi connectivity index (χ1n) is 8.51. The molecule has 0 spiro atoms. The molecule has 0 heterocycles. The van der Waals surface area contributed by atoms with E-state index in [1.807, 2.05) is 0 Å². The Kier molecular flexibility index (Phi) is 7.46. The Hall–Kier alpha value is -2.78. The van der Waals surface area contributed by atoms with Crippen molar-refractivity contribution in [1.82, 2.24) is 0 Å². The van der Waals surface area contributed by atoms with Crippen LogP contribution >= 0.6 is 0 Å². The molecule has 0 radical (unpaired) electrons. The Bertz CT molecular complexity index is 837. The smallest absolute Gasteiger partial charge is 0.416 e. The molecule has 0 saturated carbocycles. The van der Waals surface area contributed by atoms with Gasteiger partial charge in [-0.15, -0.1) is 0 Å². The van der Waals surface area contributed by atoms with E-state index in [1.54, 1.807) is 12.1 Å². The number of amides is 1. The minimum absolute atomic E-state index is 0.0359. The summed E-state index contributed by atoms with van der Waals surface area (Å²) in [4.78, 5) is 14.5. The number of halogens is 3. The first-order valence-corrected chi connectivity index (χ1v) is 8.51. The summed E-state index contributed by atoms with van der Waals surface area (Å²) in [5.41, 5.74) is -0.721. The predicted octanol–water partition coefficient (Wildman–Crippen LogP) is 3.99. The van der Waals surface area contributed by atoms with Gasteiger partial charge < -0.3 is 23.8 Å². The summed E-state index contributed by atoms with van der Waals surface area (Å²) in [5, 5.41) is 0. The quantitative estimate of drug-likeness (QED) is 0.613. The number of anilines is 1. The van der Waals surface area contributed by atoms with Crippen LogP contribution in [0.3, 0.4) is 0 Å². The van der Waals surface area contributed by atoms with Crippen molar-refractivity contribution in [2.45, 2.75) is 12.5 Å². The van der Waals surface area contributed by atoms with Crippen LogP contribution in [0.2, 0.25) is 0 Å². The van der Waals surface area contributed by atoms with E-state index in [0.29, 0.717) is 5.75 Å². The minimum atomic E-state index is -4.56. The SMILES string of the molecule is COc1ccc(OC)c(C(=O)N(CC(OC)OC)c2cccc(C(F)(F)F)c2)c1. The zero-order chi connectivity index (χ0) is 21.6. The van der Waals surface area contributed by atoms with Gasteiger partial charge in [-0.05, 0) is 36.4 Å². The van der Waals surface area contributed by atoms with E-state index in [1.165, 1.54) is 46.6 Å². The van der Waals surface area contributed by atoms with Gasteiger partial charge in [0.25, 0.3) is 5.91 Å². The highest BCUT2D eigenvalue weighted by atomic mass is 19.4. The first kappa shape index (κ1) is 22.5. The molecule has 0 atom stereocenters. The van der Waals surface area contributed by atoms with Gasteiger partial charge in [-0.2, -0.15) is 13.2 Å². The van der Waals surface area contributed by atoms with Crippen LogP contribution in [0.15, 0.2) is 42.5 Å². The first-order chi connectivity index (χ1) is 13.7. The molecule has 1 amide bonds. The Morgan fingerprint density at radius 2 is 1.69 bits per heavy atom. The molecule has 0 fully saturated rings. The molecule has 6 nitrogen and oxygen atoms in total. The monoisotopic (exact) mass is 413 g/mol. The highest BCUT2D eigenvalue weighted by molar-refractivity contribution is 6.08. The van der Waals surface area contributed by atoms with Gasteiger partial charge in [0.2, 0.25) is 0 Å². The zero-order valence-electron chi connectivity index (χ0n) is 16.4. The zero-order valence-corrected chi connectivity index (χ0v) is 16.4. The van der Waals surface area contributed by atoms with Gasteiger partial charge in [-0.3, -0.25) is 4.79 Å². The number of hydrogen-bond acceptors (Lipinski definition) is 5. The summed E-state index contributed by atoms with van der Waals surface area (Å²) in [6, 6.07) is 9.07. The lowest BCUT2D eigenvalue weighted by Crippen LogP contribution is -2.39. The van der Waals surface area contributed by atoms with Gasteiger partial charge in [0, 0.05) is 19.9 Å². The highest BCUT2D eigenvalue weighted by Gasteiger charge is 2.32. The van der Waals surface area contributed by atoms with Crippen molar-refractivity contribution in [2.75, 3.05) is 39.9 Å². The van der Waals surface area contributed by atoms with Gasteiger partial charge in [0.05, 0.1) is 31.9 Å². The van der Waals surface area contributed by atoms with E-state index >= 15 is 0 Å². The van der Waals surface area contributed by atoms with Crippen LogP contribution in [-0.4, -0.2) is 47.2 Å². The third kappa shape index (κ3) is 5.39. The maximum Gasteiger partial charge on any atom is 0.416 e. The van der Waals surface area contributed by atoms with Crippen LogP contribution in [0, 0.1) is 0 Å². The lowest BCUT2D eigenvalue weighted by Gasteiger charge is -2.27. The van der Waals surface area contributed by atoms with Crippen LogP contribution in [-0.2, 0) is 15.7 Å². The normalized spacial score (nSPS) is 11.4. The van der Waals surface area contributed by atoms with Gasteiger partial charge in [0.1, 0.15) is 11.5 Å². The fourth-order valence-electron chi connectivity index (χ4n) is 2.68. The van der Waals surface area contributed by atoms with E-state index < -0.39 is 23.9 Å². The van der Waals surface area contributed by atoms with Crippen LogP contribution in [0.1, 0.15) is 15.9 Å². The second-order valence-corrected chi connectivity index (χ2v) is 5.93. The third-order valence-corrected chi connectivity index (χ3v) is 4.22. The molecule has 2 aromatic carbocycles. The van der Waals surface area contributed by atoms with Gasteiger partial charge in [-0.25, -0.2) is 0 Å². The molecule has 2 rings (SSSR count). The number of rotatable bonds is 8. The van der Waals surface area contributed by atoms with Crippen molar-refractivity contribution in [1.29, 1.82) is 0 Å². The fourth-order valence-corrected chi connectivity index (χ4v) is 2.68. The number of hydrogen-bond donors (Lipinski definition) is 0. The molecule has 0 aliphatic carbocycles. The summed E-state index contributed by atoms with van der Waals surface area (Å²) in [5.74, 6) is 0.0477. The minimum Gasteiger partial charge on any atom is -0.497 e. The molecule has 0 aliphatic heterocycles. The number of alkyl halides is 3. The molecular weight excluding hydrogens is 391 g/mol. The van der Waals surface area contributed by atoms with E-state index in [-0.39, 0.29) is 23.5 Å². The van der Waals surface area contributed by atoms with Crippen molar-refractivity contribution in [2.24, 2.45) is 0 Å². The molecule has 0 N–H and O–H groups in total. The van der Waals surface area contributed by atoms with E-state index in [0.717, 1.165) is 17.0 Å². The summed E-state index contributed by atoms with van der Waals surface area (Å²) < 4.78 is 60.2. The topological polar surface area (TPSA) is 57.2 Å². The van der Waals surface area contributed by atoms with E-state index in [9.17, 15) is 18.0 Å². The van der Waals surface area contributed by atoms with Gasteiger partial charge >= 0.3 is 6.18 Å². The Morgan fingerprint density at radius 1 is 1.00 bits per heavy atom. The molecule has 0 aliphatic rings. The summed E-state index contributed by atoms with van der Waals surface area (Å²) in [6.07, 6.45) is -5.41. The van der Waals surface area contributed by atoms with Crippen LogP contribution in [0.4, 0.5) is 18.9 Å². The number of nitrogens with zero attached hydrogens (tertiary/aromatic N) is 1. The van der Waals surface area contributed by atoms with Crippen LogP contribution in [0.25, 0.3) is 0 Å². The lowest BCUT2D eigenvalue weighted by atomic mass is 10.1. The highest BCUT2D eigenvalue weighted by Crippen LogP contribution is 2.33. The summed E-state index contributed by atoms with van der Waals surface area (Å²) in [7, 11) is 5.57.